The van der Waals surface area contributed by atoms with Crippen molar-refractivity contribution in [2.24, 2.45) is 12.8 Å². The van der Waals surface area contributed by atoms with E-state index >= 15 is 0 Å². The maximum absolute atomic E-state index is 6.18. The van der Waals surface area contributed by atoms with Crippen molar-refractivity contribution in [1.29, 1.82) is 0 Å². The van der Waals surface area contributed by atoms with Gasteiger partial charge in [-0.25, -0.2) is 0 Å². The van der Waals surface area contributed by atoms with E-state index in [1.807, 2.05) is 18.7 Å². The van der Waals surface area contributed by atoms with Crippen LogP contribution in [0.15, 0.2) is 0 Å². The minimum atomic E-state index is -0.0239. The minimum absolute atomic E-state index is 0.0239. The second-order valence-electron chi connectivity index (χ2n) is 4.36. The van der Waals surface area contributed by atoms with Gasteiger partial charge in [0.1, 0.15) is 0 Å². The summed E-state index contributed by atoms with van der Waals surface area (Å²) in [5, 5.41) is 5.06. The third-order valence-corrected chi connectivity index (χ3v) is 3.62. The first kappa shape index (κ1) is 9.99. The summed E-state index contributed by atoms with van der Waals surface area (Å²) in [6.45, 7) is 1.93. The SMILES string of the molecule is Cc1nn(C)c(CC2(N)CCC2)c1Cl. The highest BCUT2D eigenvalue weighted by atomic mass is 35.5. The summed E-state index contributed by atoms with van der Waals surface area (Å²) in [4.78, 5) is 0. The highest BCUT2D eigenvalue weighted by Gasteiger charge is 2.34. The van der Waals surface area contributed by atoms with Gasteiger partial charge >= 0.3 is 0 Å². The van der Waals surface area contributed by atoms with Crippen LogP contribution in [0.25, 0.3) is 0 Å². The average molecular weight is 214 g/mol. The van der Waals surface area contributed by atoms with Crippen LogP contribution >= 0.6 is 11.6 Å². The monoisotopic (exact) mass is 213 g/mol. The largest absolute Gasteiger partial charge is 0.325 e. The van der Waals surface area contributed by atoms with E-state index in [1.165, 1.54) is 6.42 Å². The lowest BCUT2D eigenvalue weighted by molar-refractivity contribution is 0.243. The summed E-state index contributed by atoms with van der Waals surface area (Å²) in [5.41, 5.74) is 8.13. The van der Waals surface area contributed by atoms with Crippen molar-refractivity contribution in [2.45, 2.75) is 38.1 Å². The van der Waals surface area contributed by atoms with Crippen LogP contribution in [-0.4, -0.2) is 15.3 Å². The summed E-state index contributed by atoms with van der Waals surface area (Å²) in [6, 6.07) is 0. The van der Waals surface area contributed by atoms with E-state index in [2.05, 4.69) is 5.10 Å². The molecule has 0 amide bonds. The fraction of sp³-hybridized carbons (Fsp3) is 0.700. The van der Waals surface area contributed by atoms with Gasteiger partial charge in [-0.05, 0) is 26.2 Å². The molecule has 0 unspecified atom stereocenters. The fourth-order valence-corrected chi connectivity index (χ4v) is 2.24. The molecule has 2 N–H and O–H groups in total. The topological polar surface area (TPSA) is 43.8 Å². The van der Waals surface area contributed by atoms with E-state index < -0.39 is 0 Å². The Morgan fingerprint density at radius 3 is 2.57 bits per heavy atom. The zero-order valence-electron chi connectivity index (χ0n) is 8.68. The number of aromatic nitrogens is 2. The second-order valence-corrected chi connectivity index (χ2v) is 4.74. The first-order chi connectivity index (χ1) is 6.52. The number of hydrogen-bond acceptors (Lipinski definition) is 2. The number of aryl methyl sites for hydroxylation is 2. The molecule has 1 saturated carbocycles. The highest BCUT2D eigenvalue weighted by molar-refractivity contribution is 6.31. The van der Waals surface area contributed by atoms with Crippen molar-refractivity contribution in [2.75, 3.05) is 0 Å². The average Bonchev–Trinajstić information content (AvgIpc) is 2.29. The number of nitrogens with zero attached hydrogens (tertiary/aromatic N) is 2. The first-order valence-electron chi connectivity index (χ1n) is 4.99. The Bertz CT molecular complexity index is 352. The molecular formula is C10H16ClN3. The maximum Gasteiger partial charge on any atom is 0.0847 e. The van der Waals surface area contributed by atoms with E-state index in [9.17, 15) is 0 Å². The molecule has 1 fully saturated rings. The summed E-state index contributed by atoms with van der Waals surface area (Å²) < 4.78 is 1.85. The zero-order valence-corrected chi connectivity index (χ0v) is 9.43. The standard InChI is InChI=1S/C10H16ClN3/c1-7-9(11)8(14(2)13-7)6-10(12)4-3-5-10/h3-6,12H2,1-2H3. The quantitative estimate of drug-likeness (QED) is 0.815. The Morgan fingerprint density at radius 1 is 1.57 bits per heavy atom. The molecule has 0 radical (unpaired) electrons. The van der Waals surface area contributed by atoms with Crippen LogP contribution in [0.4, 0.5) is 0 Å². The Morgan fingerprint density at radius 2 is 2.21 bits per heavy atom. The molecule has 78 valence electrons. The van der Waals surface area contributed by atoms with Gasteiger partial charge in [-0.15, -0.1) is 0 Å². The van der Waals surface area contributed by atoms with E-state index in [4.69, 9.17) is 17.3 Å². The Balaban J connectivity index is 2.23. The van der Waals surface area contributed by atoms with E-state index in [0.29, 0.717) is 0 Å². The van der Waals surface area contributed by atoms with Gasteiger partial charge in [-0.1, -0.05) is 11.6 Å². The van der Waals surface area contributed by atoms with Crippen LogP contribution in [0.2, 0.25) is 5.02 Å². The second kappa shape index (κ2) is 3.24. The van der Waals surface area contributed by atoms with E-state index in [0.717, 1.165) is 35.7 Å². The summed E-state index contributed by atoms with van der Waals surface area (Å²) in [7, 11) is 1.93. The molecule has 0 bridgehead atoms. The number of halogens is 1. The molecule has 0 spiro atoms. The highest BCUT2D eigenvalue weighted by Crippen LogP contribution is 2.34. The molecule has 3 nitrogen and oxygen atoms in total. The predicted molar refractivity (Wildman–Crippen MR) is 57.4 cm³/mol. The molecule has 1 aliphatic carbocycles. The van der Waals surface area contributed by atoms with Gasteiger partial charge in [0.25, 0.3) is 0 Å². The molecule has 14 heavy (non-hydrogen) atoms. The number of rotatable bonds is 2. The Labute approximate surface area is 89.2 Å². The van der Waals surface area contributed by atoms with Crippen LogP contribution in [0.3, 0.4) is 0 Å². The summed E-state index contributed by atoms with van der Waals surface area (Å²) in [5.74, 6) is 0. The summed E-state index contributed by atoms with van der Waals surface area (Å²) >= 11 is 6.16. The number of hydrogen-bond donors (Lipinski definition) is 1. The molecule has 0 saturated heterocycles. The molecule has 2 rings (SSSR count). The van der Waals surface area contributed by atoms with Crippen LogP contribution in [-0.2, 0) is 13.5 Å². The van der Waals surface area contributed by atoms with Gasteiger partial charge in [0, 0.05) is 19.0 Å². The molecule has 1 aromatic rings. The van der Waals surface area contributed by atoms with Crippen molar-refractivity contribution in [1.82, 2.24) is 9.78 Å². The van der Waals surface area contributed by atoms with Crippen molar-refractivity contribution in [3.05, 3.63) is 16.4 Å². The maximum atomic E-state index is 6.18. The normalized spacial score (nSPS) is 19.4. The van der Waals surface area contributed by atoms with Crippen molar-refractivity contribution < 1.29 is 0 Å². The van der Waals surface area contributed by atoms with E-state index in [1.54, 1.807) is 0 Å². The number of nitrogens with two attached hydrogens (primary N) is 1. The third kappa shape index (κ3) is 1.55. The zero-order chi connectivity index (χ0) is 10.3. The van der Waals surface area contributed by atoms with Gasteiger partial charge in [0.15, 0.2) is 0 Å². The fourth-order valence-electron chi connectivity index (χ4n) is 2.01. The molecular weight excluding hydrogens is 198 g/mol. The van der Waals surface area contributed by atoms with Crippen LogP contribution in [0.1, 0.15) is 30.7 Å². The molecule has 1 heterocycles. The lowest BCUT2D eigenvalue weighted by Crippen LogP contribution is -2.48. The third-order valence-electron chi connectivity index (χ3n) is 3.13. The lowest BCUT2D eigenvalue weighted by atomic mass is 9.74. The van der Waals surface area contributed by atoms with Crippen molar-refractivity contribution in [3.63, 3.8) is 0 Å². The minimum Gasteiger partial charge on any atom is -0.325 e. The predicted octanol–water partition coefficient (Wildman–Crippen LogP) is 1.81. The Hall–Kier alpha value is -0.540. The molecule has 1 aromatic heterocycles. The van der Waals surface area contributed by atoms with Crippen molar-refractivity contribution >= 4 is 11.6 Å². The lowest BCUT2D eigenvalue weighted by Gasteiger charge is -2.38. The smallest absolute Gasteiger partial charge is 0.0847 e. The molecule has 1 aliphatic rings. The molecule has 0 aliphatic heterocycles. The van der Waals surface area contributed by atoms with Gasteiger partial charge in [-0.3, -0.25) is 4.68 Å². The van der Waals surface area contributed by atoms with Gasteiger partial charge < -0.3 is 5.73 Å². The van der Waals surface area contributed by atoms with Gasteiger partial charge in [0.2, 0.25) is 0 Å². The van der Waals surface area contributed by atoms with Crippen LogP contribution in [0.5, 0.6) is 0 Å². The Kier molecular flexibility index (Phi) is 2.32. The summed E-state index contributed by atoms with van der Waals surface area (Å²) in [6.07, 6.45) is 4.30. The van der Waals surface area contributed by atoms with E-state index in [-0.39, 0.29) is 5.54 Å². The molecule has 4 heteroatoms. The van der Waals surface area contributed by atoms with Crippen LogP contribution < -0.4 is 5.73 Å². The van der Waals surface area contributed by atoms with Crippen molar-refractivity contribution in [3.8, 4) is 0 Å². The van der Waals surface area contributed by atoms with Gasteiger partial charge in [-0.2, -0.15) is 5.10 Å². The van der Waals surface area contributed by atoms with Gasteiger partial charge in [0.05, 0.1) is 16.4 Å². The van der Waals surface area contributed by atoms with Crippen LogP contribution in [0, 0.1) is 6.92 Å². The molecule has 0 aromatic carbocycles. The molecule has 0 atom stereocenters. The first-order valence-corrected chi connectivity index (χ1v) is 5.36.